The van der Waals surface area contributed by atoms with Crippen molar-refractivity contribution in [2.45, 2.75) is 80.4 Å². The molecule has 6 heteroatoms. The molecule has 22 heavy (non-hydrogen) atoms. The maximum absolute atomic E-state index is 10.0. The van der Waals surface area contributed by atoms with Gasteiger partial charge in [-0.25, -0.2) is 0 Å². The van der Waals surface area contributed by atoms with Crippen molar-refractivity contribution >= 4 is 11.9 Å². The molecule has 4 N–H and O–H groups in total. The molecule has 0 amide bonds. The molecule has 0 fully saturated rings. The molecule has 0 rings (SSSR count). The second-order valence-electron chi connectivity index (χ2n) is 7.43. The van der Waals surface area contributed by atoms with Crippen LogP contribution in [-0.2, 0) is 9.59 Å². The maximum atomic E-state index is 10.0. The Hall–Kier alpha value is -1.14. The Morgan fingerprint density at radius 2 is 1.00 bits per heavy atom. The van der Waals surface area contributed by atoms with Crippen LogP contribution in [0.1, 0.15) is 74.7 Å². The van der Waals surface area contributed by atoms with Gasteiger partial charge in [-0.3, -0.25) is 9.59 Å². The number of rotatable bonds is 3. The molecule has 0 spiro atoms. The fourth-order valence-corrected chi connectivity index (χ4v) is 0.512. The van der Waals surface area contributed by atoms with E-state index in [9.17, 15) is 9.59 Å². The van der Waals surface area contributed by atoms with Gasteiger partial charge in [0, 0.05) is 6.42 Å². The molecule has 0 radical (unpaired) electrons. The Kier molecular flexibility index (Phi) is 12.4. The van der Waals surface area contributed by atoms with Gasteiger partial charge < -0.3 is 20.4 Å². The summed E-state index contributed by atoms with van der Waals surface area (Å²) >= 11 is 0. The number of hydrogen-bond acceptors (Lipinski definition) is 4. The van der Waals surface area contributed by atoms with Crippen LogP contribution in [0.5, 0.6) is 0 Å². The monoisotopic (exact) mass is 322 g/mol. The molecule has 0 saturated carbocycles. The van der Waals surface area contributed by atoms with Gasteiger partial charge in [0.25, 0.3) is 0 Å². The molecule has 0 aliphatic heterocycles. The van der Waals surface area contributed by atoms with E-state index in [0.29, 0.717) is 6.42 Å². The number of unbranched alkanes of at least 4 members (excludes halogenated alkanes) is 1. The lowest BCUT2D eigenvalue weighted by Crippen LogP contribution is -2.22. The van der Waals surface area contributed by atoms with Crippen molar-refractivity contribution < 1.29 is 30.0 Å². The zero-order valence-electron chi connectivity index (χ0n) is 15.2. The Morgan fingerprint density at radius 3 is 1.05 bits per heavy atom. The van der Waals surface area contributed by atoms with E-state index in [1.54, 1.807) is 41.5 Å². The standard InChI is InChI=1S/C6H14O2.2C5H10O2/c1-3-4-5-6(2,7)8;2*1-5(2,3)4(6)7/h7-8H,3-5H2,1-2H3;2*1-3H3,(H,6,7). The van der Waals surface area contributed by atoms with Gasteiger partial charge in [0.1, 0.15) is 0 Å². The zero-order valence-corrected chi connectivity index (χ0v) is 15.2. The average molecular weight is 322 g/mol. The van der Waals surface area contributed by atoms with E-state index in [1.165, 1.54) is 6.92 Å². The number of aliphatic hydroxyl groups is 2. The first-order valence-corrected chi connectivity index (χ1v) is 7.36. The molecule has 0 unspecified atom stereocenters. The van der Waals surface area contributed by atoms with Gasteiger partial charge in [0.05, 0.1) is 10.8 Å². The van der Waals surface area contributed by atoms with Crippen molar-refractivity contribution in [3.63, 3.8) is 0 Å². The first-order chi connectivity index (χ1) is 9.45. The number of carboxylic acids is 2. The van der Waals surface area contributed by atoms with Crippen LogP contribution in [0.4, 0.5) is 0 Å². The molecule has 0 aliphatic rings. The van der Waals surface area contributed by atoms with Gasteiger partial charge >= 0.3 is 11.9 Å². The van der Waals surface area contributed by atoms with Crippen LogP contribution < -0.4 is 0 Å². The van der Waals surface area contributed by atoms with Gasteiger partial charge in [-0.2, -0.15) is 0 Å². The third-order valence-electron chi connectivity index (χ3n) is 2.29. The number of hydrogen-bond donors (Lipinski definition) is 4. The quantitative estimate of drug-likeness (QED) is 0.593. The Morgan fingerprint density at radius 1 is 0.773 bits per heavy atom. The first-order valence-electron chi connectivity index (χ1n) is 7.36. The highest BCUT2D eigenvalue weighted by Gasteiger charge is 2.19. The van der Waals surface area contributed by atoms with Gasteiger partial charge in [0.15, 0.2) is 5.79 Å². The average Bonchev–Trinajstić information content (AvgIpc) is 2.24. The lowest BCUT2D eigenvalue weighted by Gasteiger charge is -2.13. The van der Waals surface area contributed by atoms with E-state index < -0.39 is 28.6 Å². The number of aliphatic carboxylic acids is 2. The molecule has 0 saturated heterocycles. The van der Waals surface area contributed by atoms with E-state index in [-0.39, 0.29) is 0 Å². The van der Waals surface area contributed by atoms with Gasteiger partial charge in [-0.05, 0) is 54.9 Å². The molecule has 0 aromatic heterocycles. The summed E-state index contributed by atoms with van der Waals surface area (Å²) in [6, 6.07) is 0. The van der Waals surface area contributed by atoms with E-state index >= 15 is 0 Å². The molecule has 0 heterocycles. The summed E-state index contributed by atoms with van der Waals surface area (Å²) in [6.07, 6.45) is 2.36. The van der Waals surface area contributed by atoms with Crippen LogP contribution >= 0.6 is 0 Å². The Labute approximate surface area is 134 Å². The minimum Gasteiger partial charge on any atom is -0.481 e. The third-order valence-corrected chi connectivity index (χ3v) is 2.29. The van der Waals surface area contributed by atoms with Crippen LogP contribution in [0.25, 0.3) is 0 Å². The van der Waals surface area contributed by atoms with Crippen LogP contribution in [0, 0.1) is 10.8 Å². The van der Waals surface area contributed by atoms with E-state index in [4.69, 9.17) is 20.4 Å². The highest BCUT2D eigenvalue weighted by Crippen LogP contribution is 2.11. The van der Waals surface area contributed by atoms with Crippen LogP contribution in [0.2, 0.25) is 0 Å². The number of carboxylic acid groups (broad SMARTS) is 2. The van der Waals surface area contributed by atoms with Gasteiger partial charge in [-0.1, -0.05) is 13.3 Å². The minimum absolute atomic E-state index is 0.476. The fraction of sp³-hybridized carbons (Fsp3) is 0.875. The molecular formula is C16H34O6. The Bertz CT molecular complexity index is 291. The largest absolute Gasteiger partial charge is 0.481 e. The third kappa shape index (κ3) is 23.9. The van der Waals surface area contributed by atoms with Gasteiger partial charge in [-0.15, -0.1) is 0 Å². The van der Waals surface area contributed by atoms with Crippen LogP contribution in [-0.4, -0.2) is 38.2 Å². The molecule has 0 bridgehead atoms. The molecular weight excluding hydrogens is 288 g/mol. The van der Waals surface area contributed by atoms with Crippen molar-refractivity contribution in [2.75, 3.05) is 0 Å². The van der Waals surface area contributed by atoms with Crippen molar-refractivity contribution in [1.82, 2.24) is 0 Å². The Balaban J connectivity index is -0.000000247. The second-order valence-corrected chi connectivity index (χ2v) is 7.43. The van der Waals surface area contributed by atoms with E-state index in [2.05, 4.69) is 0 Å². The molecule has 6 nitrogen and oxygen atoms in total. The second kappa shape index (κ2) is 10.6. The number of carbonyl (C=O) groups is 2. The van der Waals surface area contributed by atoms with Crippen LogP contribution in [0.15, 0.2) is 0 Å². The van der Waals surface area contributed by atoms with Crippen molar-refractivity contribution in [3.05, 3.63) is 0 Å². The highest BCUT2D eigenvalue weighted by atomic mass is 16.5. The normalized spacial score (nSPS) is 11.5. The van der Waals surface area contributed by atoms with Crippen molar-refractivity contribution in [2.24, 2.45) is 10.8 Å². The summed E-state index contributed by atoms with van der Waals surface area (Å²) in [6.45, 7) is 13.4. The summed E-state index contributed by atoms with van der Waals surface area (Å²) in [5.41, 5.74) is -1.17. The summed E-state index contributed by atoms with van der Waals surface area (Å²) in [7, 11) is 0. The molecule has 0 aromatic carbocycles. The lowest BCUT2D eigenvalue weighted by atomic mass is 9.98. The SMILES string of the molecule is CC(C)(C)C(=O)O.CC(C)(C)C(=O)O.CCCCC(C)(O)O. The summed E-state index contributed by atoms with van der Waals surface area (Å²) in [5, 5.41) is 33.9. The van der Waals surface area contributed by atoms with Crippen molar-refractivity contribution in [3.8, 4) is 0 Å². The fourth-order valence-electron chi connectivity index (χ4n) is 0.512. The van der Waals surface area contributed by atoms with E-state index in [1.807, 2.05) is 6.92 Å². The summed E-state index contributed by atoms with van der Waals surface area (Å²) in [5.74, 6) is -2.96. The smallest absolute Gasteiger partial charge is 0.308 e. The minimum atomic E-state index is -1.45. The summed E-state index contributed by atoms with van der Waals surface area (Å²) in [4.78, 5) is 20.0. The highest BCUT2D eigenvalue weighted by molar-refractivity contribution is 5.73. The van der Waals surface area contributed by atoms with Gasteiger partial charge in [0.2, 0.25) is 0 Å². The topological polar surface area (TPSA) is 115 Å². The predicted octanol–water partition coefficient (Wildman–Crippen LogP) is 3.11. The predicted molar refractivity (Wildman–Crippen MR) is 86.5 cm³/mol. The van der Waals surface area contributed by atoms with Crippen molar-refractivity contribution in [1.29, 1.82) is 0 Å². The maximum Gasteiger partial charge on any atom is 0.308 e. The molecule has 0 aromatic rings. The molecule has 0 atom stereocenters. The molecule has 0 aliphatic carbocycles. The van der Waals surface area contributed by atoms with Crippen LogP contribution in [0.3, 0.4) is 0 Å². The first kappa shape index (κ1) is 25.8. The lowest BCUT2D eigenvalue weighted by molar-refractivity contribution is -0.150. The molecule has 134 valence electrons. The van der Waals surface area contributed by atoms with E-state index in [0.717, 1.165) is 12.8 Å². The summed E-state index contributed by atoms with van der Waals surface area (Å²) < 4.78 is 0. The zero-order chi connectivity index (χ0) is 18.8.